The lowest BCUT2D eigenvalue weighted by Crippen LogP contribution is -2.43. The van der Waals surface area contributed by atoms with Crippen molar-refractivity contribution in [3.05, 3.63) is 29.3 Å². The highest BCUT2D eigenvalue weighted by Crippen LogP contribution is 2.15. The molecule has 0 radical (unpaired) electrons. The molecule has 1 unspecified atom stereocenters. The first-order valence-electron chi connectivity index (χ1n) is 6.55. The minimum atomic E-state index is 0.0335. The summed E-state index contributed by atoms with van der Waals surface area (Å²) < 4.78 is 5.49. The third-order valence-electron chi connectivity index (χ3n) is 3.22. The SMILES string of the molecule is CC1CNCCCN1C(=O)COc1ccc(Cl)cc1. The summed E-state index contributed by atoms with van der Waals surface area (Å²) in [5.41, 5.74) is 0. The van der Waals surface area contributed by atoms with Gasteiger partial charge in [0.25, 0.3) is 5.91 Å². The van der Waals surface area contributed by atoms with Gasteiger partial charge in [-0.3, -0.25) is 4.79 Å². The van der Waals surface area contributed by atoms with E-state index >= 15 is 0 Å². The van der Waals surface area contributed by atoms with Crippen molar-refractivity contribution >= 4 is 17.5 Å². The summed E-state index contributed by atoms with van der Waals surface area (Å²) in [7, 11) is 0. The van der Waals surface area contributed by atoms with Gasteiger partial charge in [-0.15, -0.1) is 0 Å². The van der Waals surface area contributed by atoms with Gasteiger partial charge in [-0.25, -0.2) is 0 Å². The maximum Gasteiger partial charge on any atom is 0.260 e. The summed E-state index contributed by atoms with van der Waals surface area (Å²) in [6, 6.07) is 7.25. The minimum Gasteiger partial charge on any atom is -0.484 e. The van der Waals surface area contributed by atoms with E-state index in [0.717, 1.165) is 26.1 Å². The number of rotatable bonds is 3. The van der Waals surface area contributed by atoms with Crippen LogP contribution in [0.4, 0.5) is 0 Å². The van der Waals surface area contributed by atoms with Gasteiger partial charge >= 0.3 is 0 Å². The van der Waals surface area contributed by atoms with E-state index in [0.29, 0.717) is 10.8 Å². The number of halogens is 1. The number of amides is 1. The Morgan fingerprint density at radius 2 is 2.21 bits per heavy atom. The van der Waals surface area contributed by atoms with Crippen molar-refractivity contribution in [2.45, 2.75) is 19.4 Å². The minimum absolute atomic E-state index is 0.0335. The molecule has 1 aliphatic rings. The fraction of sp³-hybridized carbons (Fsp3) is 0.500. The molecule has 4 nitrogen and oxygen atoms in total. The molecule has 5 heteroatoms. The van der Waals surface area contributed by atoms with Gasteiger partial charge in [0.05, 0.1) is 0 Å². The Morgan fingerprint density at radius 3 is 2.95 bits per heavy atom. The molecule has 1 fully saturated rings. The van der Waals surface area contributed by atoms with Crippen molar-refractivity contribution in [1.29, 1.82) is 0 Å². The number of hydrogen-bond donors (Lipinski definition) is 1. The van der Waals surface area contributed by atoms with Gasteiger partial charge in [-0.1, -0.05) is 11.6 Å². The second-order valence-corrected chi connectivity index (χ2v) is 5.17. The molecule has 1 N–H and O–H groups in total. The van der Waals surface area contributed by atoms with Gasteiger partial charge in [0, 0.05) is 24.2 Å². The normalized spacial score (nSPS) is 19.9. The number of carbonyl (C=O) groups is 1. The topological polar surface area (TPSA) is 41.6 Å². The molecule has 0 aliphatic carbocycles. The predicted octanol–water partition coefficient (Wildman–Crippen LogP) is 1.93. The van der Waals surface area contributed by atoms with Gasteiger partial charge in [0.15, 0.2) is 6.61 Å². The van der Waals surface area contributed by atoms with Crippen LogP contribution in [0, 0.1) is 0 Å². The van der Waals surface area contributed by atoms with Gasteiger partial charge < -0.3 is 15.0 Å². The van der Waals surface area contributed by atoms with E-state index in [2.05, 4.69) is 12.2 Å². The van der Waals surface area contributed by atoms with Crippen LogP contribution in [-0.2, 0) is 4.79 Å². The van der Waals surface area contributed by atoms with Crippen LogP contribution in [0.3, 0.4) is 0 Å². The Balaban J connectivity index is 1.87. The average molecular weight is 283 g/mol. The summed E-state index contributed by atoms with van der Waals surface area (Å²) in [5, 5.41) is 3.97. The van der Waals surface area contributed by atoms with E-state index in [4.69, 9.17) is 16.3 Å². The number of nitrogens with zero attached hydrogens (tertiary/aromatic N) is 1. The molecule has 1 heterocycles. The molecular weight excluding hydrogens is 264 g/mol. The fourth-order valence-electron chi connectivity index (χ4n) is 2.15. The number of hydrogen-bond acceptors (Lipinski definition) is 3. The Hall–Kier alpha value is -1.26. The van der Waals surface area contributed by atoms with Crippen LogP contribution in [0.15, 0.2) is 24.3 Å². The van der Waals surface area contributed by atoms with Crippen LogP contribution in [-0.4, -0.2) is 43.1 Å². The third kappa shape index (κ3) is 4.11. The first kappa shape index (κ1) is 14.2. The third-order valence-corrected chi connectivity index (χ3v) is 3.47. The van der Waals surface area contributed by atoms with Crippen LogP contribution in [0.1, 0.15) is 13.3 Å². The van der Waals surface area contributed by atoms with Crippen molar-refractivity contribution < 1.29 is 9.53 Å². The molecule has 0 saturated carbocycles. The summed E-state index contributed by atoms with van der Waals surface area (Å²) in [4.78, 5) is 14.0. The molecule has 104 valence electrons. The first-order valence-corrected chi connectivity index (χ1v) is 6.93. The molecule has 2 rings (SSSR count). The Labute approximate surface area is 118 Å². The highest BCUT2D eigenvalue weighted by molar-refractivity contribution is 6.30. The van der Waals surface area contributed by atoms with E-state index in [1.807, 2.05) is 4.90 Å². The van der Waals surface area contributed by atoms with E-state index < -0.39 is 0 Å². The molecule has 0 bridgehead atoms. The molecular formula is C14H19ClN2O2. The van der Waals surface area contributed by atoms with Crippen LogP contribution in [0.2, 0.25) is 5.02 Å². The van der Waals surface area contributed by atoms with Crippen LogP contribution >= 0.6 is 11.6 Å². The summed E-state index contributed by atoms with van der Waals surface area (Å²) >= 11 is 5.80. The second kappa shape index (κ2) is 6.78. The van der Waals surface area contributed by atoms with Gasteiger partial charge in [-0.05, 0) is 44.2 Å². The van der Waals surface area contributed by atoms with Crippen molar-refractivity contribution in [2.75, 3.05) is 26.2 Å². The lowest BCUT2D eigenvalue weighted by atomic mass is 10.2. The largest absolute Gasteiger partial charge is 0.484 e. The quantitative estimate of drug-likeness (QED) is 0.921. The van der Waals surface area contributed by atoms with Crippen LogP contribution in [0.25, 0.3) is 0 Å². The van der Waals surface area contributed by atoms with E-state index in [1.165, 1.54) is 0 Å². The van der Waals surface area contributed by atoms with Gasteiger partial charge in [0.1, 0.15) is 5.75 Å². The average Bonchev–Trinajstić information content (AvgIpc) is 2.62. The summed E-state index contributed by atoms with van der Waals surface area (Å²) in [6.07, 6.45) is 0.983. The van der Waals surface area contributed by atoms with Gasteiger partial charge in [0.2, 0.25) is 0 Å². The highest BCUT2D eigenvalue weighted by atomic mass is 35.5. The zero-order valence-electron chi connectivity index (χ0n) is 11.1. The van der Waals surface area contributed by atoms with E-state index in [9.17, 15) is 4.79 Å². The van der Waals surface area contributed by atoms with E-state index in [1.54, 1.807) is 24.3 Å². The molecule has 1 aromatic carbocycles. The molecule has 1 saturated heterocycles. The zero-order chi connectivity index (χ0) is 13.7. The predicted molar refractivity (Wildman–Crippen MR) is 75.6 cm³/mol. The molecule has 1 atom stereocenters. The monoisotopic (exact) mass is 282 g/mol. The number of ether oxygens (including phenoxy) is 1. The zero-order valence-corrected chi connectivity index (χ0v) is 11.8. The lowest BCUT2D eigenvalue weighted by Gasteiger charge is -2.26. The van der Waals surface area contributed by atoms with Crippen molar-refractivity contribution in [3.63, 3.8) is 0 Å². The Morgan fingerprint density at radius 1 is 1.47 bits per heavy atom. The van der Waals surface area contributed by atoms with Crippen LogP contribution < -0.4 is 10.1 Å². The molecule has 1 amide bonds. The molecule has 1 aliphatic heterocycles. The summed E-state index contributed by atoms with van der Waals surface area (Å²) in [5.74, 6) is 0.699. The molecule has 0 spiro atoms. The second-order valence-electron chi connectivity index (χ2n) is 4.74. The number of nitrogens with one attached hydrogen (secondary N) is 1. The highest BCUT2D eigenvalue weighted by Gasteiger charge is 2.21. The first-order chi connectivity index (χ1) is 9.16. The smallest absolute Gasteiger partial charge is 0.260 e. The number of carbonyl (C=O) groups excluding carboxylic acids is 1. The fourth-order valence-corrected chi connectivity index (χ4v) is 2.27. The number of benzene rings is 1. The van der Waals surface area contributed by atoms with Crippen molar-refractivity contribution in [2.24, 2.45) is 0 Å². The lowest BCUT2D eigenvalue weighted by molar-refractivity contribution is -0.135. The maximum atomic E-state index is 12.1. The van der Waals surface area contributed by atoms with E-state index in [-0.39, 0.29) is 18.6 Å². The van der Waals surface area contributed by atoms with Gasteiger partial charge in [-0.2, -0.15) is 0 Å². The molecule has 19 heavy (non-hydrogen) atoms. The Kier molecular flexibility index (Phi) is 5.05. The molecule has 1 aromatic rings. The van der Waals surface area contributed by atoms with Crippen molar-refractivity contribution in [1.82, 2.24) is 10.2 Å². The Bertz CT molecular complexity index is 422. The van der Waals surface area contributed by atoms with Crippen LogP contribution in [0.5, 0.6) is 5.75 Å². The standard InChI is InChI=1S/C14H19ClN2O2/c1-11-9-16-7-2-8-17(11)14(18)10-19-13-5-3-12(15)4-6-13/h3-6,11,16H,2,7-10H2,1H3. The summed E-state index contributed by atoms with van der Waals surface area (Å²) in [6.45, 7) is 4.72. The molecule has 0 aromatic heterocycles. The maximum absolute atomic E-state index is 12.1. The van der Waals surface area contributed by atoms with Crippen molar-refractivity contribution in [3.8, 4) is 5.75 Å².